The van der Waals surface area contributed by atoms with Crippen molar-refractivity contribution >= 4 is 27.3 Å². The van der Waals surface area contributed by atoms with Gasteiger partial charge < -0.3 is 5.32 Å². The van der Waals surface area contributed by atoms with Crippen molar-refractivity contribution < 1.29 is 0 Å². The third-order valence-corrected chi connectivity index (χ3v) is 4.53. The van der Waals surface area contributed by atoms with Crippen molar-refractivity contribution in [2.24, 2.45) is 0 Å². The van der Waals surface area contributed by atoms with Crippen LogP contribution in [0.15, 0.2) is 15.9 Å². The Labute approximate surface area is 105 Å². The second kappa shape index (κ2) is 5.46. The lowest BCUT2D eigenvalue weighted by Crippen LogP contribution is -2.29. The molecule has 1 nitrogen and oxygen atoms in total. The van der Waals surface area contributed by atoms with Crippen molar-refractivity contribution in [2.75, 3.05) is 6.54 Å². The SMILES string of the molecule is CC(C)NCCC(C)(C)c1ccc(Br)s1. The number of rotatable bonds is 5. The highest BCUT2D eigenvalue weighted by molar-refractivity contribution is 9.11. The highest BCUT2D eigenvalue weighted by atomic mass is 79.9. The van der Waals surface area contributed by atoms with Crippen molar-refractivity contribution in [1.82, 2.24) is 5.32 Å². The Morgan fingerprint density at radius 3 is 2.53 bits per heavy atom. The van der Waals surface area contributed by atoms with E-state index in [-0.39, 0.29) is 5.41 Å². The van der Waals surface area contributed by atoms with E-state index < -0.39 is 0 Å². The quantitative estimate of drug-likeness (QED) is 0.858. The molecule has 86 valence electrons. The van der Waals surface area contributed by atoms with E-state index >= 15 is 0 Å². The first kappa shape index (κ1) is 13.2. The molecule has 0 aliphatic heterocycles. The molecule has 3 heteroatoms. The predicted octanol–water partition coefficient (Wildman–Crippen LogP) is 4.18. The molecule has 1 N–H and O–H groups in total. The summed E-state index contributed by atoms with van der Waals surface area (Å²) in [6, 6.07) is 4.94. The van der Waals surface area contributed by atoms with Crippen LogP contribution in [0, 0.1) is 0 Å². The van der Waals surface area contributed by atoms with Crippen LogP contribution >= 0.6 is 27.3 Å². The van der Waals surface area contributed by atoms with Crippen LogP contribution in [-0.2, 0) is 5.41 Å². The molecule has 0 spiro atoms. The molecule has 0 aliphatic rings. The maximum Gasteiger partial charge on any atom is 0.0701 e. The maximum absolute atomic E-state index is 3.52. The van der Waals surface area contributed by atoms with Gasteiger partial charge in [-0.25, -0.2) is 0 Å². The van der Waals surface area contributed by atoms with Gasteiger partial charge in [0.05, 0.1) is 3.79 Å². The van der Waals surface area contributed by atoms with Crippen molar-refractivity contribution in [3.8, 4) is 0 Å². The van der Waals surface area contributed by atoms with Gasteiger partial charge in [0.15, 0.2) is 0 Å². The molecule has 0 saturated carbocycles. The fourth-order valence-corrected chi connectivity index (χ4v) is 2.99. The Hall–Kier alpha value is 0.140. The van der Waals surface area contributed by atoms with E-state index in [1.807, 2.05) is 11.3 Å². The van der Waals surface area contributed by atoms with Crippen LogP contribution in [0.3, 0.4) is 0 Å². The van der Waals surface area contributed by atoms with E-state index in [4.69, 9.17) is 0 Å². The van der Waals surface area contributed by atoms with Gasteiger partial charge in [0.25, 0.3) is 0 Å². The van der Waals surface area contributed by atoms with Crippen LogP contribution in [0.4, 0.5) is 0 Å². The molecule has 15 heavy (non-hydrogen) atoms. The molecule has 0 atom stereocenters. The number of hydrogen-bond acceptors (Lipinski definition) is 2. The average Bonchev–Trinajstić information content (AvgIpc) is 2.51. The van der Waals surface area contributed by atoms with Crippen LogP contribution in [0.1, 0.15) is 39.0 Å². The van der Waals surface area contributed by atoms with Gasteiger partial charge in [-0.05, 0) is 41.0 Å². The molecule has 0 radical (unpaired) electrons. The molecule has 1 heterocycles. The Morgan fingerprint density at radius 2 is 2.07 bits per heavy atom. The summed E-state index contributed by atoms with van der Waals surface area (Å²) in [6.07, 6.45) is 1.18. The second-order valence-electron chi connectivity index (χ2n) is 4.85. The topological polar surface area (TPSA) is 12.0 Å². The third-order valence-electron chi connectivity index (χ3n) is 2.54. The Bertz CT molecular complexity index is 304. The van der Waals surface area contributed by atoms with Crippen molar-refractivity contribution in [3.63, 3.8) is 0 Å². The maximum atomic E-state index is 3.52. The fraction of sp³-hybridized carbons (Fsp3) is 0.667. The molecule has 0 unspecified atom stereocenters. The second-order valence-corrected chi connectivity index (χ2v) is 7.31. The summed E-state index contributed by atoms with van der Waals surface area (Å²) < 4.78 is 1.22. The fourth-order valence-electron chi connectivity index (χ4n) is 1.47. The molecule has 0 aliphatic carbocycles. The van der Waals surface area contributed by atoms with Crippen LogP contribution < -0.4 is 5.32 Å². The minimum Gasteiger partial charge on any atom is -0.315 e. The van der Waals surface area contributed by atoms with Gasteiger partial charge in [-0.2, -0.15) is 0 Å². The number of hydrogen-bond donors (Lipinski definition) is 1. The lowest BCUT2D eigenvalue weighted by atomic mass is 9.87. The van der Waals surface area contributed by atoms with Gasteiger partial charge in [0.1, 0.15) is 0 Å². The minimum absolute atomic E-state index is 0.276. The first-order chi connectivity index (χ1) is 6.92. The molecule has 0 saturated heterocycles. The molecule has 1 aromatic rings. The standard InChI is InChI=1S/C12H20BrNS/c1-9(2)14-8-7-12(3,4)10-5-6-11(13)15-10/h5-6,9,14H,7-8H2,1-4H3. The van der Waals surface area contributed by atoms with Gasteiger partial charge in [-0.15, -0.1) is 11.3 Å². The molecule has 1 aromatic heterocycles. The van der Waals surface area contributed by atoms with Gasteiger partial charge in [-0.1, -0.05) is 27.7 Å². The zero-order chi connectivity index (χ0) is 11.5. The van der Waals surface area contributed by atoms with Gasteiger partial charge in [0, 0.05) is 16.3 Å². The van der Waals surface area contributed by atoms with Crippen molar-refractivity contribution in [1.29, 1.82) is 0 Å². The normalized spacial score (nSPS) is 12.4. The highest BCUT2D eigenvalue weighted by Gasteiger charge is 2.21. The Kier molecular flexibility index (Phi) is 4.81. The molecular formula is C12H20BrNS. The molecule has 0 amide bonds. The summed E-state index contributed by atoms with van der Waals surface area (Å²) >= 11 is 5.36. The molecule has 0 bridgehead atoms. The van der Waals surface area contributed by atoms with Crippen LogP contribution in [-0.4, -0.2) is 12.6 Å². The summed E-state index contributed by atoms with van der Waals surface area (Å²) in [7, 11) is 0. The van der Waals surface area contributed by atoms with E-state index in [1.165, 1.54) is 15.1 Å². The molecule has 0 aromatic carbocycles. The van der Waals surface area contributed by atoms with Crippen LogP contribution in [0.25, 0.3) is 0 Å². The largest absolute Gasteiger partial charge is 0.315 e. The lowest BCUT2D eigenvalue weighted by molar-refractivity contribution is 0.448. The van der Waals surface area contributed by atoms with Gasteiger partial charge in [0.2, 0.25) is 0 Å². The van der Waals surface area contributed by atoms with Crippen LogP contribution in [0.5, 0.6) is 0 Å². The summed E-state index contributed by atoms with van der Waals surface area (Å²) in [5.41, 5.74) is 0.276. The van der Waals surface area contributed by atoms with Crippen molar-refractivity contribution in [2.45, 2.75) is 45.6 Å². The van der Waals surface area contributed by atoms with E-state index in [9.17, 15) is 0 Å². The summed E-state index contributed by atoms with van der Waals surface area (Å²) in [5, 5.41) is 3.47. The number of nitrogens with one attached hydrogen (secondary N) is 1. The number of halogens is 1. The van der Waals surface area contributed by atoms with E-state index in [0.717, 1.165) is 6.54 Å². The predicted molar refractivity (Wildman–Crippen MR) is 72.8 cm³/mol. The van der Waals surface area contributed by atoms with Gasteiger partial charge in [-0.3, -0.25) is 0 Å². The average molecular weight is 290 g/mol. The van der Waals surface area contributed by atoms with Crippen molar-refractivity contribution in [3.05, 3.63) is 20.8 Å². The Morgan fingerprint density at radius 1 is 1.40 bits per heavy atom. The smallest absolute Gasteiger partial charge is 0.0701 e. The zero-order valence-electron chi connectivity index (χ0n) is 9.93. The first-order valence-corrected chi connectivity index (χ1v) is 7.02. The Balaban J connectivity index is 2.51. The summed E-state index contributed by atoms with van der Waals surface area (Å²) in [6.45, 7) is 10.1. The molecular weight excluding hydrogens is 270 g/mol. The minimum atomic E-state index is 0.276. The third kappa shape index (κ3) is 4.25. The first-order valence-electron chi connectivity index (χ1n) is 5.41. The van der Waals surface area contributed by atoms with E-state index in [0.29, 0.717) is 6.04 Å². The molecule has 1 rings (SSSR count). The monoisotopic (exact) mass is 289 g/mol. The summed E-state index contributed by atoms with van der Waals surface area (Å²) in [5.74, 6) is 0. The number of thiophene rings is 1. The lowest BCUT2D eigenvalue weighted by Gasteiger charge is -2.24. The highest BCUT2D eigenvalue weighted by Crippen LogP contribution is 2.34. The zero-order valence-corrected chi connectivity index (χ0v) is 12.3. The van der Waals surface area contributed by atoms with E-state index in [1.54, 1.807) is 0 Å². The molecule has 0 fully saturated rings. The van der Waals surface area contributed by atoms with Crippen LogP contribution in [0.2, 0.25) is 0 Å². The summed E-state index contributed by atoms with van der Waals surface area (Å²) in [4.78, 5) is 1.46. The van der Waals surface area contributed by atoms with E-state index in [2.05, 4.69) is 61.1 Å². The van der Waals surface area contributed by atoms with Gasteiger partial charge >= 0.3 is 0 Å².